The number of para-hydroxylation sites is 1. The summed E-state index contributed by atoms with van der Waals surface area (Å²) in [5.41, 5.74) is 1.24. The molecule has 2 aliphatic rings. The van der Waals surface area contributed by atoms with Crippen LogP contribution < -0.4 is 10.2 Å². The van der Waals surface area contributed by atoms with E-state index in [1.807, 2.05) is 18.2 Å². The standard InChI is InChI=1S/C18H26F2N4O/c1-22(17(25)16-13-18(19,20)14-21-16)7-8-23-9-11-24(12-10-23)15-5-3-2-4-6-15/h2-6,16,21H,7-14H2,1H3. The van der Waals surface area contributed by atoms with Gasteiger partial charge < -0.3 is 9.80 Å². The third-order valence-corrected chi connectivity index (χ3v) is 5.03. The molecule has 0 aliphatic carbocycles. The lowest BCUT2D eigenvalue weighted by Gasteiger charge is -2.36. The highest BCUT2D eigenvalue weighted by molar-refractivity contribution is 5.82. The van der Waals surface area contributed by atoms with E-state index in [1.54, 1.807) is 11.9 Å². The zero-order valence-corrected chi connectivity index (χ0v) is 14.6. The van der Waals surface area contributed by atoms with Crippen molar-refractivity contribution in [2.45, 2.75) is 18.4 Å². The Balaban J connectivity index is 1.40. The molecule has 5 nitrogen and oxygen atoms in total. The summed E-state index contributed by atoms with van der Waals surface area (Å²) in [4.78, 5) is 18.5. The van der Waals surface area contributed by atoms with E-state index >= 15 is 0 Å². The number of halogens is 2. The Kier molecular flexibility index (Phi) is 5.54. The van der Waals surface area contributed by atoms with Crippen LogP contribution in [-0.4, -0.2) is 80.5 Å². The van der Waals surface area contributed by atoms with E-state index in [-0.39, 0.29) is 5.91 Å². The number of likely N-dealkylation sites (N-methyl/N-ethyl adjacent to an activating group) is 1. The van der Waals surface area contributed by atoms with Crippen LogP contribution in [0.3, 0.4) is 0 Å². The molecule has 2 heterocycles. The molecule has 7 heteroatoms. The number of hydrogen-bond acceptors (Lipinski definition) is 4. The van der Waals surface area contributed by atoms with Crippen molar-refractivity contribution in [2.75, 3.05) is 57.8 Å². The van der Waals surface area contributed by atoms with E-state index in [1.165, 1.54) is 5.69 Å². The van der Waals surface area contributed by atoms with Crippen LogP contribution in [0.1, 0.15) is 6.42 Å². The third-order valence-electron chi connectivity index (χ3n) is 5.03. The van der Waals surface area contributed by atoms with Crippen molar-refractivity contribution in [3.8, 4) is 0 Å². The number of alkyl halides is 2. The molecule has 3 rings (SSSR count). The lowest BCUT2D eigenvalue weighted by molar-refractivity contribution is -0.132. The van der Waals surface area contributed by atoms with E-state index < -0.39 is 24.9 Å². The molecule has 0 radical (unpaired) electrons. The Morgan fingerprint density at radius 1 is 1.24 bits per heavy atom. The first-order valence-electron chi connectivity index (χ1n) is 8.83. The molecule has 1 unspecified atom stereocenters. The second-order valence-corrected chi connectivity index (χ2v) is 6.92. The van der Waals surface area contributed by atoms with E-state index in [4.69, 9.17) is 0 Å². The zero-order chi connectivity index (χ0) is 17.9. The number of rotatable bonds is 5. The van der Waals surface area contributed by atoms with Crippen LogP contribution in [0.25, 0.3) is 0 Å². The van der Waals surface area contributed by atoms with Crippen molar-refractivity contribution in [3.05, 3.63) is 30.3 Å². The average Bonchev–Trinajstić information content (AvgIpc) is 3.00. The van der Waals surface area contributed by atoms with Crippen molar-refractivity contribution in [2.24, 2.45) is 0 Å². The molecule has 2 aliphatic heterocycles. The van der Waals surface area contributed by atoms with Crippen LogP contribution in [0.2, 0.25) is 0 Å². The second-order valence-electron chi connectivity index (χ2n) is 6.92. The maximum atomic E-state index is 13.2. The Labute approximate surface area is 147 Å². The largest absolute Gasteiger partial charge is 0.369 e. The van der Waals surface area contributed by atoms with Gasteiger partial charge in [0, 0.05) is 58.4 Å². The molecule has 0 aromatic heterocycles. The molecule has 0 bridgehead atoms. The number of piperazine rings is 1. The summed E-state index contributed by atoms with van der Waals surface area (Å²) in [6, 6.07) is 9.58. The Bertz CT molecular complexity index is 576. The van der Waals surface area contributed by atoms with Gasteiger partial charge in [-0.25, -0.2) is 8.78 Å². The number of nitrogens with one attached hydrogen (secondary N) is 1. The van der Waals surface area contributed by atoms with Gasteiger partial charge in [0.05, 0.1) is 12.6 Å². The first-order chi connectivity index (χ1) is 11.9. The fourth-order valence-electron chi connectivity index (χ4n) is 3.43. The van der Waals surface area contributed by atoms with Gasteiger partial charge in [-0.05, 0) is 12.1 Å². The Hall–Kier alpha value is -1.73. The quantitative estimate of drug-likeness (QED) is 0.866. The fraction of sp³-hybridized carbons (Fsp3) is 0.611. The number of amides is 1. The van der Waals surface area contributed by atoms with E-state index in [2.05, 4.69) is 27.2 Å². The van der Waals surface area contributed by atoms with Crippen LogP contribution in [0.5, 0.6) is 0 Å². The summed E-state index contributed by atoms with van der Waals surface area (Å²) in [5, 5.41) is 2.63. The molecule has 1 atom stereocenters. The molecule has 2 saturated heterocycles. The minimum absolute atomic E-state index is 0.236. The summed E-state index contributed by atoms with van der Waals surface area (Å²) >= 11 is 0. The molecule has 1 aromatic rings. The SMILES string of the molecule is CN(CCN1CCN(c2ccccc2)CC1)C(=O)C1CC(F)(F)CN1. The number of anilines is 1. The molecular weight excluding hydrogens is 326 g/mol. The first-order valence-corrected chi connectivity index (χ1v) is 8.83. The van der Waals surface area contributed by atoms with Crippen LogP contribution in [0.15, 0.2) is 30.3 Å². The Morgan fingerprint density at radius 2 is 1.92 bits per heavy atom. The highest BCUT2D eigenvalue weighted by atomic mass is 19.3. The van der Waals surface area contributed by atoms with Gasteiger partial charge in [-0.1, -0.05) is 18.2 Å². The normalized spacial score (nSPS) is 23.6. The molecule has 0 spiro atoms. The maximum Gasteiger partial charge on any atom is 0.262 e. The second kappa shape index (κ2) is 7.66. The number of carbonyl (C=O) groups is 1. The molecule has 138 valence electrons. The summed E-state index contributed by atoms with van der Waals surface area (Å²) in [7, 11) is 1.70. The Morgan fingerprint density at radius 3 is 2.52 bits per heavy atom. The monoisotopic (exact) mass is 352 g/mol. The van der Waals surface area contributed by atoms with Gasteiger partial charge in [-0.3, -0.25) is 15.0 Å². The molecule has 1 aromatic carbocycles. The predicted molar refractivity (Wildman–Crippen MR) is 94.1 cm³/mol. The van der Waals surface area contributed by atoms with Crippen LogP contribution in [0, 0.1) is 0 Å². The molecule has 0 saturated carbocycles. The minimum Gasteiger partial charge on any atom is -0.369 e. The number of hydrogen-bond donors (Lipinski definition) is 1. The van der Waals surface area contributed by atoms with Gasteiger partial charge in [0.25, 0.3) is 5.92 Å². The number of carbonyl (C=O) groups excluding carboxylic acids is 1. The summed E-state index contributed by atoms with van der Waals surface area (Å²) in [5.74, 6) is -3.00. The number of nitrogens with zero attached hydrogens (tertiary/aromatic N) is 3. The van der Waals surface area contributed by atoms with E-state index in [9.17, 15) is 13.6 Å². The summed E-state index contributed by atoms with van der Waals surface area (Å²) in [6.07, 6.45) is -0.397. The lowest BCUT2D eigenvalue weighted by atomic mass is 10.1. The molecular formula is C18H26F2N4O. The average molecular weight is 352 g/mol. The summed E-state index contributed by atoms with van der Waals surface area (Å²) < 4.78 is 26.5. The van der Waals surface area contributed by atoms with E-state index in [0.717, 1.165) is 32.7 Å². The maximum absolute atomic E-state index is 13.2. The van der Waals surface area contributed by atoms with Gasteiger partial charge in [-0.2, -0.15) is 0 Å². The van der Waals surface area contributed by atoms with Crippen LogP contribution in [-0.2, 0) is 4.79 Å². The fourth-order valence-corrected chi connectivity index (χ4v) is 3.43. The summed E-state index contributed by atoms with van der Waals surface area (Å²) in [6.45, 7) is 4.73. The van der Waals surface area contributed by atoms with E-state index in [0.29, 0.717) is 6.54 Å². The molecule has 25 heavy (non-hydrogen) atoms. The van der Waals surface area contributed by atoms with Crippen molar-refractivity contribution in [3.63, 3.8) is 0 Å². The van der Waals surface area contributed by atoms with Crippen LogP contribution >= 0.6 is 0 Å². The molecule has 1 amide bonds. The van der Waals surface area contributed by atoms with Gasteiger partial charge in [0.1, 0.15) is 0 Å². The number of benzene rings is 1. The highest BCUT2D eigenvalue weighted by Crippen LogP contribution is 2.25. The van der Waals surface area contributed by atoms with Gasteiger partial charge in [0.15, 0.2) is 0 Å². The smallest absolute Gasteiger partial charge is 0.262 e. The van der Waals surface area contributed by atoms with Gasteiger partial charge in [-0.15, -0.1) is 0 Å². The van der Waals surface area contributed by atoms with Crippen molar-refractivity contribution in [1.82, 2.24) is 15.1 Å². The molecule has 2 fully saturated rings. The van der Waals surface area contributed by atoms with Gasteiger partial charge >= 0.3 is 0 Å². The van der Waals surface area contributed by atoms with Gasteiger partial charge in [0.2, 0.25) is 5.91 Å². The minimum atomic E-state index is -2.77. The third kappa shape index (κ3) is 4.67. The van der Waals surface area contributed by atoms with Crippen molar-refractivity contribution >= 4 is 11.6 Å². The first kappa shape index (κ1) is 18.1. The topological polar surface area (TPSA) is 38.8 Å². The van der Waals surface area contributed by atoms with Crippen molar-refractivity contribution < 1.29 is 13.6 Å². The molecule has 1 N–H and O–H groups in total. The lowest BCUT2D eigenvalue weighted by Crippen LogP contribution is -2.50. The zero-order valence-electron chi connectivity index (χ0n) is 14.6. The van der Waals surface area contributed by atoms with Crippen LogP contribution in [0.4, 0.5) is 14.5 Å². The predicted octanol–water partition coefficient (Wildman–Crippen LogP) is 1.26. The van der Waals surface area contributed by atoms with Crippen molar-refractivity contribution in [1.29, 1.82) is 0 Å². The highest BCUT2D eigenvalue weighted by Gasteiger charge is 2.43.